The molecule has 0 bridgehead atoms. The van der Waals surface area contributed by atoms with Gasteiger partial charge < -0.3 is 5.32 Å². The molecule has 18 heavy (non-hydrogen) atoms. The number of anilines is 1. The summed E-state index contributed by atoms with van der Waals surface area (Å²) in [7, 11) is 0. The summed E-state index contributed by atoms with van der Waals surface area (Å²) in [6.07, 6.45) is 2.11. The standard InChI is InChI=1S/C11H11ClF3N3/c1-3-5-7(4-2)16-9-6-8(11(13,14)15)17-10(12)18-9/h2,6-7H,3,5H2,1H3,(H,16,17,18). The number of nitrogens with one attached hydrogen (secondary N) is 1. The van der Waals surface area contributed by atoms with Gasteiger partial charge in [-0.25, -0.2) is 9.97 Å². The normalized spacial score (nSPS) is 12.9. The molecular formula is C11H11ClF3N3. The van der Waals surface area contributed by atoms with Crippen LogP contribution in [0, 0.1) is 12.3 Å². The Bertz CT molecular complexity index is 454. The summed E-state index contributed by atoms with van der Waals surface area (Å²) in [5, 5.41) is 2.24. The van der Waals surface area contributed by atoms with E-state index in [0.29, 0.717) is 6.42 Å². The third kappa shape index (κ3) is 4.08. The predicted molar refractivity (Wildman–Crippen MR) is 63.2 cm³/mol. The molecule has 3 nitrogen and oxygen atoms in total. The molecule has 98 valence electrons. The molecule has 1 atom stereocenters. The second-order valence-electron chi connectivity index (χ2n) is 3.56. The molecule has 0 aromatic carbocycles. The lowest BCUT2D eigenvalue weighted by Crippen LogP contribution is -2.19. The first-order chi connectivity index (χ1) is 8.36. The minimum Gasteiger partial charge on any atom is -0.356 e. The molecular weight excluding hydrogens is 267 g/mol. The van der Waals surface area contributed by atoms with E-state index in [2.05, 4.69) is 21.2 Å². The van der Waals surface area contributed by atoms with Crippen molar-refractivity contribution >= 4 is 17.4 Å². The predicted octanol–water partition coefficient (Wildman–Crippen LogP) is 3.36. The minimum atomic E-state index is -4.57. The summed E-state index contributed by atoms with van der Waals surface area (Å²) in [4.78, 5) is 6.79. The fourth-order valence-electron chi connectivity index (χ4n) is 1.30. The summed E-state index contributed by atoms with van der Waals surface area (Å²) in [5.41, 5.74) is -1.10. The van der Waals surface area contributed by atoms with Gasteiger partial charge in [-0.05, 0) is 18.0 Å². The van der Waals surface area contributed by atoms with Crippen molar-refractivity contribution < 1.29 is 13.2 Å². The number of terminal acetylenes is 1. The zero-order valence-electron chi connectivity index (χ0n) is 9.55. The van der Waals surface area contributed by atoms with Crippen LogP contribution in [0.3, 0.4) is 0 Å². The van der Waals surface area contributed by atoms with Crippen LogP contribution in [0.15, 0.2) is 6.07 Å². The van der Waals surface area contributed by atoms with Crippen LogP contribution in [-0.4, -0.2) is 16.0 Å². The number of aromatic nitrogens is 2. The van der Waals surface area contributed by atoms with Crippen LogP contribution in [0.1, 0.15) is 25.5 Å². The van der Waals surface area contributed by atoms with Crippen LogP contribution < -0.4 is 5.32 Å². The topological polar surface area (TPSA) is 37.8 Å². The van der Waals surface area contributed by atoms with Crippen LogP contribution in [0.25, 0.3) is 0 Å². The molecule has 1 unspecified atom stereocenters. The third-order valence-corrected chi connectivity index (χ3v) is 2.26. The lowest BCUT2D eigenvalue weighted by molar-refractivity contribution is -0.141. The van der Waals surface area contributed by atoms with Gasteiger partial charge in [0.2, 0.25) is 5.28 Å². The van der Waals surface area contributed by atoms with Gasteiger partial charge in [-0.3, -0.25) is 0 Å². The van der Waals surface area contributed by atoms with E-state index in [4.69, 9.17) is 18.0 Å². The van der Waals surface area contributed by atoms with Crippen molar-refractivity contribution in [3.05, 3.63) is 17.0 Å². The molecule has 7 heteroatoms. The van der Waals surface area contributed by atoms with Gasteiger partial charge in [0, 0.05) is 6.07 Å². The van der Waals surface area contributed by atoms with Crippen molar-refractivity contribution in [1.82, 2.24) is 9.97 Å². The van der Waals surface area contributed by atoms with E-state index < -0.39 is 17.2 Å². The molecule has 1 N–H and O–H groups in total. The highest BCUT2D eigenvalue weighted by Gasteiger charge is 2.33. The lowest BCUT2D eigenvalue weighted by Gasteiger charge is -2.14. The van der Waals surface area contributed by atoms with E-state index in [1.165, 1.54) is 0 Å². The zero-order valence-corrected chi connectivity index (χ0v) is 10.3. The van der Waals surface area contributed by atoms with Gasteiger partial charge in [0.25, 0.3) is 0 Å². The number of hydrogen-bond donors (Lipinski definition) is 1. The van der Waals surface area contributed by atoms with Crippen LogP contribution in [0.5, 0.6) is 0 Å². The highest BCUT2D eigenvalue weighted by Crippen LogP contribution is 2.29. The van der Waals surface area contributed by atoms with E-state index in [1.54, 1.807) is 0 Å². The van der Waals surface area contributed by atoms with E-state index in [0.717, 1.165) is 12.5 Å². The molecule has 0 fully saturated rings. The molecule has 1 heterocycles. The molecule has 0 saturated carbocycles. The largest absolute Gasteiger partial charge is 0.433 e. The number of halogens is 4. The summed E-state index contributed by atoms with van der Waals surface area (Å²) < 4.78 is 37.5. The van der Waals surface area contributed by atoms with Crippen molar-refractivity contribution in [2.45, 2.75) is 32.0 Å². The van der Waals surface area contributed by atoms with E-state index in [1.807, 2.05) is 6.92 Å². The Kier molecular flexibility index (Phi) is 4.79. The molecule has 1 aromatic rings. The first-order valence-corrected chi connectivity index (χ1v) is 5.59. The van der Waals surface area contributed by atoms with Gasteiger partial charge in [0.15, 0.2) is 5.69 Å². The molecule has 0 amide bonds. The Morgan fingerprint density at radius 1 is 1.50 bits per heavy atom. The van der Waals surface area contributed by atoms with Gasteiger partial charge in [-0.1, -0.05) is 19.3 Å². The van der Waals surface area contributed by atoms with Crippen molar-refractivity contribution in [3.63, 3.8) is 0 Å². The van der Waals surface area contributed by atoms with Crippen molar-refractivity contribution in [1.29, 1.82) is 0 Å². The van der Waals surface area contributed by atoms with Gasteiger partial charge in [0.1, 0.15) is 5.82 Å². The van der Waals surface area contributed by atoms with Gasteiger partial charge in [-0.15, -0.1) is 6.42 Å². The average molecular weight is 278 g/mol. The lowest BCUT2D eigenvalue weighted by atomic mass is 10.2. The van der Waals surface area contributed by atoms with Crippen LogP contribution in [0.2, 0.25) is 5.28 Å². The summed E-state index contributed by atoms with van der Waals surface area (Å²) >= 11 is 5.45. The third-order valence-electron chi connectivity index (χ3n) is 2.09. The van der Waals surface area contributed by atoms with E-state index >= 15 is 0 Å². The highest BCUT2D eigenvalue weighted by atomic mass is 35.5. The number of rotatable bonds is 4. The molecule has 0 spiro atoms. The first-order valence-electron chi connectivity index (χ1n) is 5.21. The van der Waals surface area contributed by atoms with Crippen molar-refractivity contribution in [2.24, 2.45) is 0 Å². The number of alkyl halides is 3. The molecule has 0 aliphatic heterocycles. The average Bonchev–Trinajstić information content (AvgIpc) is 2.26. The molecule has 1 aromatic heterocycles. The second-order valence-corrected chi connectivity index (χ2v) is 3.90. The van der Waals surface area contributed by atoms with Crippen LogP contribution in [-0.2, 0) is 6.18 Å². The van der Waals surface area contributed by atoms with Gasteiger partial charge in [-0.2, -0.15) is 13.2 Å². The Labute approximate surface area is 108 Å². The van der Waals surface area contributed by atoms with Gasteiger partial charge in [0.05, 0.1) is 6.04 Å². The maximum atomic E-state index is 12.5. The van der Waals surface area contributed by atoms with E-state index in [9.17, 15) is 13.2 Å². The van der Waals surface area contributed by atoms with E-state index in [-0.39, 0.29) is 11.9 Å². The fraction of sp³-hybridized carbons (Fsp3) is 0.455. The van der Waals surface area contributed by atoms with Crippen LogP contribution >= 0.6 is 11.6 Å². The minimum absolute atomic E-state index is 0.0290. The van der Waals surface area contributed by atoms with Gasteiger partial charge >= 0.3 is 6.18 Å². The summed E-state index contributed by atoms with van der Waals surface area (Å²) in [5.74, 6) is 2.40. The number of nitrogens with zero attached hydrogens (tertiary/aromatic N) is 2. The Balaban J connectivity index is 2.97. The molecule has 0 aliphatic carbocycles. The monoisotopic (exact) mass is 277 g/mol. The highest BCUT2D eigenvalue weighted by molar-refractivity contribution is 6.28. The molecule has 0 saturated heterocycles. The molecule has 1 rings (SSSR count). The number of hydrogen-bond acceptors (Lipinski definition) is 3. The Hall–Kier alpha value is -1.48. The Morgan fingerprint density at radius 2 is 2.17 bits per heavy atom. The first kappa shape index (κ1) is 14.6. The van der Waals surface area contributed by atoms with Crippen molar-refractivity contribution in [2.75, 3.05) is 5.32 Å². The quantitative estimate of drug-likeness (QED) is 0.677. The smallest absolute Gasteiger partial charge is 0.356 e. The molecule has 0 radical (unpaired) electrons. The van der Waals surface area contributed by atoms with Crippen molar-refractivity contribution in [3.8, 4) is 12.3 Å². The maximum absolute atomic E-state index is 12.5. The van der Waals surface area contributed by atoms with Crippen LogP contribution in [0.4, 0.5) is 19.0 Å². The Morgan fingerprint density at radius 3 is 2.67 bits per heavy atom. The molecule has 0 aliphatic rings. The summed E-state index contributed by atoms with van der Waals surface area (Å²) in [6.45, 7) is 1.92. The maximum Gasteiger partial charge on any atom is 0.433 e. The zero-order chi connectivity index (χ0) is 13.8. The SMILES string of the molecule is C#CC(CCC)Nc1cc(C(F)(F)F)nc(Cl)n1. The second kappa shape index (κ2) is 5.91. The summed E-state index contributed by atoms with van der Waals surface area (Å²) in [6, 6.07) is 0.397. The fourth-order valence-corrected chi connectivity index (χ4v) is 1.48.